The molecule has 7 nitrogen and oxygen atoms in total. The number of ether oxygens (including phenoxy) is 1. The number of hydrazine groups is 1. The van der Waals surface area contributed by atoms with Crippen LogP contribution in [0, 0.1) is 0 Å². The molecule has 2 rings (SSSR count). The number of rotatable bonds is 4. The Hall–Kier alpha value is -3.09. The van der Waals surface area contributed by atoms with Crippen LogP contribution in [0.25, 0.3) is 0 Å². The molecule has 7 heteroatoms. The van der Waals surface area contributed by atoms with Crippen LogP contribution in [0.3, 0.4) is 0 Å². The van der Waals surface area contributed by atoms with Gasteiger partial charge in [0.05, 0.1) is 0 Å². The number of benzene rings is 1. The van der Waals surface area contributed by atoms with Gasteiger partial charge in [0.25, 0.3) is 11.8 Å². The van der Waals surface area contributed by atoms with Gasteiger partial charge in [0.2, 0.25) is 0 Å². The van der Waals surface area contributed by atoms with Crippen molar-refractivity contribution in [3.05, 3.63) is 59.9 Å². The van der Waals surface area contributed by atoms with E-state index in [0.717, 1.165) is 0 Å². The molecule has 2 aromatic rings. The maximum atomic E-state index is 11.8. The molecule has 1 atom stereocenters. The van der Waals surface area contributed by atoms with E-state index in [0.29, 0.717) is 5.56 Å². The van der Waals surface area contributed by atoms with Crippen LogP contribution in [0.15, 0.2) is 48.7 Å². The second-order valence-corrected chi connectivity index (χ2v) is 4.44. The van der Waals surface area contributed by atoms with Crippen molar-refractivity contribution in [2.75, 3.05) is 0 Å². The molecule has 22 heavy (non-hydrogen) atoms. The SMILES string of the molecule is C[C@H](OC(=O)c1ccc[nH]1)C(=O)NNC(=O)c1ccccc1. The topological polar surface area (TPSA) is 100 Å². The van der Waals surface area contributed by atoms with E-state index in [-0.39, 0.29) is 5.69 Å². The molecule has 2 amide bonds. The second-order valence-electron chi connectivity index (χ2n) is 4.44. The van der Waals surface area contributed by atoms with Crippen LogP contribution in [-0.4, -0.2) is 28.9 Å². The third-order valence-corrected chi connectivity index (χ3v) is 2.81. The molecule has 0 spiro atoms. The molecule has 0 aliphatic rings. The van der Waals surface area contributed by atoms with Gasteiger partial charge < -0.3 is 9.72 Å². The quantitative estimate of drug-likeness (QED) is 0.580. The summed E-state index contributed by atoms with van der Waals surface area (Å²) in [4.78, 5) is 37.8. The van der Waals surface area contributed by atoms with Gasteiger partial charge in [-0.05, 0) is 31.2 Å². The first-order valence-electron chi connectivity index (χ1n) is 6.57. The fourth-order valence-corrected chi connectivity index (χ4v) is 1.62. The molecule has 0 saturated heterocycles. The van der Waals surface area contributed by atoms with E-state index in [1.807, 2.05) is 0 Å². The number of aromatic amines is 1. The first-order valence-corrected chi connectivity index (χ1v) is 6.57. The van der Waals surface area contributed by atoms with E-state index in [1.165, 1.54) is 13.0 Å². The summed E-state index contributed by atoms with van der Waals surface area (Å²) in [7, 11) is 0. The van der Waals surface area contributed by atoms with E-state index >= 15 is 0 Å². The normalized spacial score (nSPS) is 11.3. The third kappa shape index (κ3) is 3.95. The van der Waals surface area contributed by atoms with Crippen molar-refractivity contribution in [2.24, 2.45) is 0 Å². The lowest BCUT2D eigenvalue weighted by atomic mass is 10.2. The van der Waals surface area contributed by atoms with E-state index in [4.69, 9.17) is 4.74 Å². The van der Waals surface area contributed by atoms with Gasteiger partial charge in [0.1, 0.15) is 5.69 Å². The van der Waals surface area contributed by atoms with E-state index in [1.54, 1.807) is 42.6 Å². The fourth-order valence-electron chi connectivity index (χ4n) is 1.62. The maximum absolute atomic E-state index is 11.8. The number of carbonyl (C=O) groups excluding carboxylic acids is 3. The number of aromatic nitrogens is 1. The Morgan fingerprint density at radius 2 is 1.77 bits per heavy atom. The molecule has 1 heterocycles. The Morgan fingerprint density at radius 3 is 2.41 bits per heavy atom. The summed E-state index contributed by atoms with van der Waals surface area (Å²) in [5.74, 6) is -1.75. The van der Waals surface area contributed by atoms with Gasteiger partial charge >= 0.3 is 5.97 Å². The Labute approximate surface area is 126 Å². The Kier molecular flexibility index (Phi) is 4.92. The molecule has 3 N–H and O–H groups in total. The van der Waals surface area contributed by atoms with Gasteiger partial charge in [-0.1, -0.05) is 18.2 Å². The van der Waals surface area contributed by atoms with Crippen molar-refractivity contribution < 1.29 is 19.1 Å². The molecule has 1 aromatic heterocycles. The number of carbonyl (C=O) groups is 3. The molecule has 0 unspecified atom stereocenters. The lowest BCUT2D eigenvalue weighted by Gasteiger charge is -2.13. The third-order valence-electron chi connectivity index (χ3n) is 2.81. The van der Waals surface area contributed by atoms with Crippen LogP contribution in [0.4, 0.5) is 0 Å². The zero-order valence-electron chi connectivity index (χ0n) is 11.8. The molecule has 1 aromatic carbocycles. The molecule has 0 bridgehead atoms. The summed E-state index contributed by atoms with van der Waals surface area (Å²) in [6.07, 6.45) is 0.522. The van der Waals surface area contributed by atoms with Gasteiger partial charge in [-0.15, -0.1) is 0 Å². The highest BCUT2D eigenvalue weighted by Gasteiger charge is 2.19. The molecule has 0 aliphatic heterocycles. The highest BCUT2D eigenvalue weighted by Crippen LogP contribution is 2.01. The summed E-state index contributed by atoms with van der Waals surface area (Å²) in [5.41, 5.74) is 5.10. The van der Waals surface area contributed by atoms with Crippen LogP contribution in [0.5, 0.6) is 0 Å². The van der Waals surface area contributed by atoms with Crippen LogP contribution in [-0.2, 0) is 9.53 Å². The number of esters is 1. The zero-order chi connectivity index (χ0) is 15.9. The number of amides is 2. The van der Waals surface area contributed by atoms with Crippen LogP contribution < -0.4 is 10.9 Å². The Bertz CT molecular complexity index is 653. The average molecular weight is 301 g/mol. The first-order chi connectivity index (χ1) is 10.6. The highest BCUT2D eigenvalue weighted by atomic mass is 16.5. The lowest BCUT2D eigenvalue weighted by molar-refractivity contribution is -0.129. The van der Waals surface area contributed by atoms with Crippen LogP contribution in [0.1, 0.15) is 27.8 Å². The van der Waals surface area contributed by atoms with Gasteiger partial charge in [0.15, 0.2) is 6.10 Å². The van der Waals surface area contributed by atoms with Crippen molar-refractivity contribution in [3.63, 3.8) is 0 Å². The van der Waals surface area contributed by atoms with Gasteiger partial charge in [-0.2, -0.15) is 0 Å². The second kappa shape index (κ2) is 7.07. The largest absolute Gasteiger partial charge is 0.448 e. The van der Waals surface area contributed by atoms with Gasteiger partial charge in [-0.3, -0.25) is 20.4 Å². The minimum Gasteiger partial charge on any atom is -0.448 e. The van der Waals surface area contributed by atoms with Crippen molar-refractivity contribution in [3.8, 4) is 0 Å². The van der Waals surface area contributed by atoms with Crippen molar-refractivity contribution in [1.82, 2.24) is 15.8 Å². The standard InChI is InChI=1S/C15H15N3O4/c1-10(22-15(21)12-8-5-9-16-12)13(19)17-18-14(20)11-6-3-2-4-7-11/h2-10,16H,1H3,(H,17,19)(H,18,20)/t10-/m0/s1. The summed E-state index contributed by atoms with van der Waals surface area (Å²) in [6, 6.07) is 11.6. The lowest BCUT2D eigenvalue weighted by Crippen LogP contribution is -2.46. The van der Waals surface area contributed by atoms with Crippen molar-refractivity contribution >= 4 is 17.8 Å². The van der Waals surface area contributed by atoms with Crippen LogP contribution >= 0.6 is 0 Å². The van der Waals surface area contributed by atoms with Gasteiger partial charge in [0, 0.05) is 11.8 Å². The van der Waals surface area contributed by atoms with Crippen molar-refractivity contribution in [2.45, 2.75) is 13.0 Å². The number of H-pyrrole nitrogens is 1. The van der Waals surface area contributed by atoms with Gasteiger partial charge in [-0.25, -0.2) is 4.79 Å². The monoisotopic (exact) mass is 301 g/mol. The highest BCUT2D eigenvalue weighted by molar-refractivity contribution is 5.96. The fraction of sp³-hybridized carbons (Fsp3) is 0.133. The number of hydrogen-bond acceptors (Lipinski definition) is 4. The average Bonchev–Trinajstić information content (AvgIpc) is 3.07. The van der Waals surface area contributed by atoms with E-state index in [2.05, 4.69) is 15.8 Å². The smallest absolute Gasteiger partial charge is 0.355 e. The molecule has 0 aliphatic carbocycles. The number of nitrogens with one attached hydrogen (secondary N) is 3. The minimum atomic E-state index is -1.05. The molecule has 114 valence electrons. The predicted molar refractivity (Wildman–Crippen MR) is 77.7 cm³/mol. The van der Waals surface area contributed by atoms with Crippen LogP contribution in [0.2, 0.25) is 0 Å². The molecule has 0 saturated carbocycles. The Balaban J connectivity index is 1.82. The maximum Gasteiger partial charge on any atom is 0.355 e. The predicted octanol–water partition coefficient (Wildman–Crippen LogP) is 1.02. The Morgan fingerprint density at radius 1 is 1.05 bits per heavy atom. The summed E-state index contributed by atoms with van der Waals surface area (Å²) in [5, 5.41) is 0. The minimum absolute atomic E-state index is 0.243. The summed E-state index contributed by atoms with van der Waals surface area (Å²) >= 11 is 0. The zero-order valence-corrected chi connectivity index (χ0v) is 11.8. The molecule has 0 fully saturated rings. The summed E-state index contributed by atoms with van der Waals surface area (Å²) in [6.45, 7) is 1.41. The van der Waals surface area contributed by atoms with Crippen molar-refractivity contribution in [1.29, 1.82) is 0 Å². The van der Waals surface area contributed by atoms with E-state index in [9.17, 15) is 14.4 Å². The number of hydrogen-bond donors (Lipinski definition) is 3. The van der Waals surface area contributed by atoms with E-state index < -0.39 is 23.9 Å². The molecular formula is C15H15N3O4. The summed E-state index contributed by atoms with van der Waals surface area (Å²) < 4.78 is 4.96. The molecular weight excluding hydrogens is 286 g/mol. The first kappa shape index (κ1) is 15.3. The molecule has 0 radical (unpaired) electrons.